The maximum absolute atomic E-state index is 13.5. The van der Waals surface area contributed by atoms with Crippen molar-refractivity contribution in [2.24, 2.45) is 0 Å². The second kappa shape index (κ2) is 10.3. The van der Waals surface area contributed by atoms with Gasteiger partial charge >= 0.3 is 0 Å². The highest BCUT2D eigenvalue weighted by atomic mass is 32.2. The molecule has 1 saturated heterocycles. The fourth-order valence-corrected chi connectivity index (χ4v) is 5.28. The molecule has 174 valence electrons. The fraction of sp³-hybridized carbons (Fsp3) is 0.375. The molecule has 1 aromatic heterocycles. The van der Waals surface area contributed by atoms with E-state index in [1.165, 1.54) is 4.31 Å². The molecule has 0 atom stereocenters. The number of aromatic nitrogens is 2. The molecule has 1 fully saturated rings. The van der Waals surface area contributed by atoms with Crippen molar-refractivity contribution in [3.8, 4) is 11.5 Å². The number of nitrogens with zero attached hydrogens (tertiary/aromatic N) is 4. The Morgan fingerprint density at radius 2 is 1.79 bits per heavy atom. The molecule has 3 aromatic rings. The van der Waals surface area contributed by atoms with Gasteiger partial charge in [0.2, 0.25) is 27.7 Å². The lowest BCUT2D eigenvalue weighted by molar-refractivity contribution is -0.117. The van der Waals surface area contributed by atoms with E-state index in [-0.39, 0.29) is 23.2 Å². The Kier molecular flexibility index (Phi) is 7.20. The summed E-state index contributed by atoms with van der Waals surface area (Å²) in [6.45, 7) is 3.08. The average Bonchev–Trinajstić information content (AvgIpc) is 3.48. The number of anilines is 1. The molecule has 0 spiro atoms. The number of carbonyl (C=O) groups excluding carboxylic acids is 1. The number of benzene rings is 2. The second-order valence-corrected chi connectivity index (χ2v) is 9.99. The van der Waals surface area contributed by atoms with Crippen LogP contribution in [0.15, 0.2) is 63.9 Å². The van der Waals surface area contributed by atoms with Crippen molar-refractivity contribution in [2.45, 2.75) is 50.5 Å². The van der Waals surface area contributed by atoms with Crippen LogP contribution in [0, 0.1) is 0 Å². The van der Waals surface area contributed by atoms with Gasteiger partial charge in [0.25, 0.3) is 0 Å². The van der Waals surface area contributed by atoms with Gasteiger partial charge in [-0.15, -0.1) is 10.2 Å². The smallest absolute Gasteiger partial charge is 0.247 e. The predicted octanol–water partition coefficient (Wildman–Crippen LogP) is 4.24. The molecule has 0 unspecified atom stereocenters. The number of rotatable bonds is 10. The van der Waals surface area contributed by atoms with Crippen LogP contribution in [0.25, 0.3) is 11.5 Å². The molecular weight excluding hydrogens is 440 g/mol. The number of amides is 1. The van der Waals surface area contributed by atoms with Crippen molar-refractivity contribution in [3.63, 3.8) is 0 Å². The Balaban J connectivity index is 1.55. The topological polar surface area (TPSA) is 96.6 Å². The maximum atomic E-state index is 13.5. The van der Waals surface area contributed by atoms with E-state index in [9.17, 15) is 13.2 Å². The quantitative estimate of drug-likeness (QED) is 0.413. The van der Waals surface area contributed by atoms with Gasteiger partial charge in [-0.05, 0) is 49.2 Å². The highest BCUT2D eigenvalue weighted by molar-refractivity contribution is 7.89. The lowest BCUT2D eigenvalue weighted by atomic mass is 10.2. The van der Waals surface area contributed by atoms with Crippen LogP contribution < -0.4 is 4.90 Å². The lowest BCUT2D eigenvalue weighted by Crippen LogP contribution is -2.32. The molecule has 2 aromatic carbocycles. The number of sulfonamides is 1. The Bertz CT molecular complexity index is 1180. The molecule has 2 heterocycles. The minimum atomic E-state index is -3.79. The van der Waals surface area contributed by atoms with Crippen LogP contribution in [0.1, 0.15) is 44.9 Å². The molecule has 1 aliphatic rings. The van der Waals surface area contributed by atoms with Gasteiger partial charge in [-0.3, -0.25) is 4.79 Å². The summed E-state index contributed by atoms with van der Waals surface area (Å²) < 4.78 is 34.1. The van der Waals surface area contributed by atoms with Gasteiger partial charge < -0.3 is 9.32 Å². The van der Waals surface area contributed by atoms with Crippen LogP contribution in [-0.4, -0.2) is 41.9 Å². The van der Waals surface area contributed by atoms with Crippen LogP contribution >= 0.6 is 0 Å². The zero-order valence-corrected chi connectivity index (χ0v) is 19.5. The fourth-order valence-electron chi connectivity index (χ4n) is 3.86. The summed E-state index contributed by atoms with van der Waals surface area (Å²) >= 11 is 0. The van der Waals surface area contributed by atoms with E-state index in [0.29, 0.717) is 25.4 Å². The number of hydrogen-bond donors (Lipinski definition) is 0. The van der Waals surface area contributed by atoms with Crippen LogP contribution in [-0.2, 0) is 21.4 Å². The minimum absolute atomic E-state index is 0.00174. The highest BCUT2D eigenvalue weighted by Gasteiger charge is 2.27. The van der Waals surface area contributed by atoms with E-state index in [1.54, 1.807) is 29.2 Å². The Hall–Kier alpha value is -3.04. The first-order valence-electron chi connectivity index (χ1n) is 11.3. The Morgan fingerprint density at radius 3 is 2.45 bits per heavy atom. The largest absolute Gasteiger partial charge is 0.419 e. The summed E-state index contributed by atoms with van der Waals surface area (Å²) in [7, 11) is -3.79. The van der Waals surface area contributed by atoms with Gasteiger partial charge in [0.1, 0.15) is 0 Å². The van der Waals surface area contributed by atoms with Gasteiger partial charge in [-0.1, -0.05) is 38.0 Å². The summed E-state index contributed by atoms with van der Waals surface area (Å²) in [5, 5.41) is 8.15. The van der Waals surface area contributed by atoms with Crippen LogP contribution in [0.3, 0.4) is 0 Å². The molecule has 0 radical (unpaired) electrons. The van der Waals surface area contributed by atoms with E-state index in [4.69, 9.17) is 4.42 Å². The van der Waals surface area contributed by atoms with Gasteiger partial charge in [0.15, 0.2) is 0 Å². The molecule has 0 bridgehead atoms. The Labute approximate surface area is 194 Å². The normalized spacial score (nSPS) is 14.4. The molecule has 1 amide bonds. The van der Waals surface area contributed by atoms with Crippen molar-refractivity contribution in [2.75, 3.05) is 18.0 Å². The molecule has 0 aliphatic carbocycles. The number of unbranched alkanes of at least 4 members (excludes halogenated alkanes) is 2. The van der Waals surface area contributed by atoms with Crippen LogP contribution in [0.4, 0.5) is 5.69 Å². The molecule has 1 aliphatic heterocycles. The van der Waals surface area contributed by atoms with Crippen molar-refractivity contribution in [1.29, 1.82) is 0 Å². The summed E-state index contributed by atoms with van der Waals surface area (Å²) in [6, 6.07) is 15.9. The minimum Gasteiger partial charge on any atom is -0.419 e. The maximum Gasteiger partial charge on any atom is 0.247 e. The second-order valence-electron chi connectivity index (χ2n) is 8.06. The van der Waals surface area contributed by atoms with Crippen molar-refractivity contribution < 1.29 is 17.6 Å². The summed E-state index contributed by atoms with van der Waals surface area (Å²) in [5.41, 5.74) is 1.50. The number of carbonyl (C=O) groups is 1. The van der Waals surface area contributed by atoms with Crippen LogP contribution in [0.5, 0.6) is 0 Å². The first kappa shape index (κ1) is 23.1. The average molecular weight is 469 g/mol. The van der Waals surface area contributed by atoms with E-state index >= 15 is 0 Å². The standard InChI is InChI=1S/C24H28N4O4S/c1-2-3-7-16-27(18-22-25-26-24(32-22)19-9-5-4-6-10-19)33(30,31)21-14-12-20(13-15-21)28-17-8-11-23(28)29/h4-6,9-10,12-15H,2-3,7-8,11,16-18H2,1H3. The van der Waals surface area contributed by atoms with Crippen molar-refractivity contribution in [3.05, 3.63) is 60.5 Å². The molecule has 8 nitrogen and oxygen atoms in total. The first-order chi connectivity index (χ1) is 16.0. The van der Waals surface area contributed by atoms with E-state index in [1.807, 2.05) is 30.3 Å². The summed E-state index contributed by atoms with van der Waals surface area (Å²) in [4.78, 5) is 13.9. The molecule has 9 heteroatoms. The monoisotopic (exact) mass is 468 g/mol. The third-order valence-corrected chi connectivity index (χ3v) is 7.53. The van der Waals surface area contributed by atoms with Gasteiger partial charge in [0.05, 0.1) is 11.4 Å². The third kappa shape index (κ3) is 5.31. The molecular formula is C24H28N4O4S. The zero-order valence-electron chi connectivity index (χ0n) is 18.7. The van der Waals surface area contributed by atoms with Crippen molar-refractivity contribution in [1.82, 2.24) is 14.5 Å². The van der Waals surface area contributed by atoms with Gasteiger partial charge in [-0.2, -0.15) is 4.31 Å². The Morgan fingerprint density at radius 1 is 1.03 bits per heavy atom. The van der Waals surface area contributed by atoms with Gasteiger partial charge in [-0.25, -0.2) is 8.42 Å². The summed E-state index contributed by atoms with van der Waals surface area (Å²) in [6.07, 6.45) is 3.97. The first-order valence-corrected chi connectivity index (χ1v) is 12.7. The van der Waals surface area contributed by atoms with Crippen molar-refractivity contribution >= 4 is 21.6 Å². The van der Waals surface area contributed by atoms with E-state index in [0.717, 1.165) is 36.9 Å². The molecule has 0 saturated carbocycles. The van der Waals surface area contributed by atoms with E-state index < -0.39 is 10.0 Å². The van der Waals surface area contributed by atoms with E-state index in [2.05, 4.69) is 17.1 Å². The van der Waals surface area contributed by atoms with Crippen LogP contribution in [0.2, 0.25) is 0 Å². The third-order valence-electron chi connectivity index (χ3n) is 5.67. The SMILES string of the molecule is CCCCCN(Cc1nnc(-c2ccccc2)o1)S(=O)(=O)c1ccc(N2CCCC2=O)cc1. The molecule has 33 heavy (non-hydrogen) atoms. The number of hydrogen-bond acceptors (Lipinski definition) is 6. The highest BCUT2D eigenvalue weighted by Crippen LogP contribution is 2.26. The zero-order chi connectivity index (χ0) is 23.3. The predicted molar refractivity (Wildman–Crippen MR) is 125 cm³/mol. The molecule has 4 rings (SSSR count). The lowest BCUT2D eigenvalue weighted by Gasteiger charge is -2.21. The summed E-state index contributed by atoms with van der Waals surface area (Å²) in [5.74, 6) is 0.668. The van der Waals surface area contributed by atoms with Gasteiger partial charge in [0, 0.05) is 30.8 Å². The molecule has 0 N–H and O–H groups in total.